The molecule has 21 heavy (non-hydrogen) atoms. The second-order valence-corrected chi connectivity index (χ2v) is 4.62. The summed E-state index contributed by atoms with van der Waals surface area (Å²) in [5.41, 5.74) is 1.59. The lowest BCUT2D eigenvalue weighted by Crippen LogP contribution is -2.20. The Kier molecular flexibility index (Phi) is 3.88. The Bertz CT molecular complexity index is 695. The molecule has 1 atom stereocenters. The number of rotatable bonds is 5. The first kappa shape index (κ1) is 14.5. The van der Waals surface area contributed by atoms with E-state index in [0.29, 0.717) is 16.8 Å². The minimum atomic E-state index is -1.05. The number of carboxylic acids is 1. The highest BCUT2D eigenvalue weighted by atomic mass is 16.6. The summed E-state index contributed by atoms with van der Waals surface area (Å²) in [6.07, 6.45) is 3.07. The summed E-state index contributed by atoms with van der Waals surface area (Å²) in [6, 6.07) is 3.25. The van der Waals surface area contributed by atoms with E-state index in [9.17, 15) is 20.0 Å². The summed E-state index contributed by atoms with van der Waals surface area (Å²) in [6.45, 7) is 1.68. The van der Waals surface area contributed by atoms with Crippen molar-refractivity contribution < 1.29 is 14.8 Å². The Morgan fingerprint density at radius 3 is 2.71 bits per heavy atom. The monoisotopic (exact) mass is 290 g/mol. The first-order chi connectivity index (χ1) is 9.88. The molecule has 0 aliphatic heterocycles. The fraction of sp³-hybridized carbons (Fsp3) is 0.231. The van der Waals surface area contributed by atoms with Gasteiger partial charge in [-0.05, 0) is 18.6 Å². The zero-order valence-corrected chi connectivity index (χ0v) is 11.5. The van der Waals surface area contributed by atoms with Crippen LogP contribution in [-0.4, -0.2) is 25.8 Å². The van der Waals surface area contributed by atoms with Gasteiger partial charge in [-0.25, -0.2) is 4.79 Å². The van der Waals surface area contributed by atoms with Crippen LogP contribution in [0.15, 0.2) is 30.6 Å². The number of aliphatic carboxylic acids is 1. The number of non-ortho nitro benzene ring substituents is 1. The Labute approximate surface area is 120 Å². The fourth-order valence-electron chi connectivity index (χ4n) is 1.96. The van der Waals surface area contributed by atoms with Crippen molar-refractivity contribution in [3.05, 3.63) is 51.8 Å². The molecule has 110 valence electrons. The number of hydrogen-bond acceptors (Lipinski definition) is 5. The molecule has 1 heterocycles. The third-order valence-corrected chi connectivity index (χ3v) is 3.03. The van der Waals surface area contributed by atoms with E-state index in [0.717, 1.165) is 0 Å². The molecule has 0 saturated heterocycles. The van der Waals surface area contributed by atoms with Crippen molar-refractivity contribution in [1.29, 1.82) is 0 Å². The predicted molar refractivity (Wildman–Crippen MR) is 75.0 cm³/mol. The van der Waals surface area contributed by atoms with Crippen LogP contribution in [-0.2, 0) is 11.8 Å². The Hall–Kier alpha value is -2.90. The fourth-order valence-corrected chi connectivity index (χ4v) is 1.96. The van der Waals surface area contributed by atoms with E-state index in [4.69, 9.17) is 0 Å². The van der Waals surface area contributed by atoms with Crippen LogP contribution in [0.2, 0.25) is 0 Å². The number of aryl methyl sites for hydroxylation is 2. The Morgan fingerprint density at radius 2 is 2.24 bits per heavy atom. The van der Waals surface area contributed by atoms with Crippen molar-refractivity contribution in [2.75, 3.05) is 5.32 Å². The zero-order chi connectivity index (χ0) is 15.6. The van der Waals surface area contributed by atoms with Crippen LogP contribution in [0, 0.1) is 17.0 Å². The van der Waals surface area contributed by atoms with Crippen LogP contribution < -0.4 is 5.32 Å². The third-order valence-electron chi connectivity index (χ3n) is 3.03. The summed E-state index contributed by atoms with van der Waals surface area (Å²) in [5.74, 6) is -1.05. The van der Waals surface area contributed by atoms with Crippen LogP contribution >= 0.6 is 0 Å². The number of nitro benzene ring substituents is 1. The maximum Gasteiger partial charge on any atom is 0.330 e. The zero-order valence-electron chi connectivity index (χ0n) is 11.5. The van der Waals surface area contributed by atoms with Crippen molar-refractivity contribution in [1.82, 2.24) is 9.78 Å². The molecule has 2 N–H and O–H groups in total. The van der Waals surface area contributed by atoms with E-state index in [1.807, 2.05) is 0 Å². The highest BCUT2D eigenvalue weighted by Crippen LogP contribution is 2.25. The molecule has 0 saturated carbocycles. The van der Waals surface area contributed by atoms with Crippen molar-refractivity contribution in [2.45, 2.75) is 13.0 Å². The SMILES string of the molecule is Cc1cc([N+](=O)[O-])ccc1NC(C(=O)O)c1cnn(C)c1. The van der Waals surface area contributed by atoms with Crippen LogP contribution in [0.1, 0.15) is 17.2 Å². The molecule has 1 aromatic carbocycles. The van der Waals surface area contributed by atoms with Crippen molar-refractivity contribution in [3.8, 4) is 0 Å². The number of nitrogens with one attached hydrogen (secondary N) is 1. The second kappa shape index (κ2) is 5.61. The number of nitrogens with zero attached hydrogens (tertiary/aromatic N) is 3. The van der Waals surface area contributed by atoms with Crippen LogP contribution in [0.3, 0.4) is 0 Å². The molecule has 0 fully saturated rings. The first-order valence-electron chi connectivity index (χ1n) is 6.11. The average molecular weight is 290 g/mol. The van der Waals surface area contributed by atoms with Crippen LogP contribution in [0.5, 0.6) is 0 Å². The summed E-state index contributed by atoms with van der Waals surface area (Å²) in [5, 5.41) is 26.8. The highest BCUT2D eigenvalue weighted by molar-refractivity contribution is 5.79. The van der Waals surface area contributed by atoms with Crippen LogP contribution in [0.25, 0.3) is 0 Å². The van der Waals surface area contributed by atoms with Crippen molar-refractivity contribution in [2.24, 2.45) is 7.05 Å². The Balaban J connectivity index is 2.29. The van der Waals surface area contributed by atoms with Gasteiger partial charge in [-0.15, -0.1) is 0 Å². The molecule has 0 aliphatic rings. The quantitative estimate of drug-likeness (QED) is 0.642. The lowest BCUT2D eigenvalue weighted by Gasteiger charge is -2.16. The normalized spacial score (nSPS) is 11.9. The molecule has 2 aromatic rings. The third kappa shape index (κ3) is 3.16. The Morgan fingerprint density at radius 1 is 1.52 bits per heavy atom. The minimum Gasteiger partial charge on any atom is -0.479 e. The number of aromatic nitrogens is 2. The van der Waals surface area contributed by atoms with E-state index in [1.165, 1.54) is 29.1 Å². The number of carbonyl (C=O) groups is 1. The number of anilines is 1. The van der Waals surface area contributed by atoms with Gasteiger partial charge in [0.1, 0.15) is 0 Å². The van der Waals surface area contributed by atoms with Gasteiger partial charge in [-0.2, -0.15) is 5.10 Å². The maximum atomic E-state index is 11.4. The topological polar surface area (TPSA) is 110 Å². The molecule has 1 unspecified atom stereocenters. The number of hydrogen-bond donors (Lipinski definition) is 2. The van der Waals surface area contributed by atoms with Gasteiger partial charge in [-0.3, -0.25) is 14.8 Å². The highest BCUT2D eigenvalue weighted by Gasteiger charge is 2.22. The van der Waals surface area contributed by atoms with Crippen molar-refractivity contribution in [3.63, 3.8) is 0 Å². The van der Waals surface area contributed by atoms with Gasteiger partial charge in [0.05, 0.1) is 11.1 Å². The van der Waals surface area contributed by atoms with Crippen molar-refractivity contribution >= 4 is 17.3 Å². The molecule has 0 spiro atoms. The van der Waals surface area contributed by atoms with Gasteiger partial charge in [0.15, 0.2) is 6.04 Å². The van der Waals surface area contributed by atoms with Gasteiger partial charge in [0.2, 0.25) is 0 Å². The van der Waals surface area contributed by atoms with Gasteiger partial charge in [0, 0.05) is 36.6 Å². The molecule has 0 bridgehead atoms. The lowest BCUT2D eigenvalue weighted by molar-refractivity contribution is -0.384. The molecule has 0 radical (unpaired) electrons. The predicted octanol–water partition coefficient (Wildman–Crippen LogP) is 1.87. The number of nitro groups is 1. The van der Waals surface area contributed by atoms with E-state index >= 15 is 0 Å². The largest absolute Gasteiger partial charge is 0.479 e. The lowest BCUT2D eigenvalue weighted by atomic mass is 10.1. The van der Waals surface area contributed by atoms with Gasteiger partial charge in [-0.1, -0.05) is 0 Å². The first-order valence-corrected chi connectivity index (χ1v) is 6.11. The maximum absolute atomic E-state index is 11.4. The van der Waals surface area contributed by atoms with E-state index in [1.54, 1.807) is 20.2 Å². The summed E-state index contributed by atoms with van der Waals surface area (Å²) >= 11 is 0. The smallest absolute Gasteiger partial charge is 0.330 e. The standard InChI is InChI=1S/C13H14N4O4/c1-8-5-10(17(20)21)3-4-11(8)15-12(13(18)19)9-6-14-16(2)7-9/h3-7,12,15H,1-2H3,(H,18,19). The van der Waals surface area contributed by atoms with Crippen LogP contribution in [0.4, 0.5) is 11.4 Å². The molecule has 1 aromatic heterocycles. The summed E-state index contributed by atoms with van der Waals surface area (Å²) < 4.78 is 1.51. The van der Waals surface area contributed by atoms with Gasteiger partial charge < -0.3 is 10.4 Å². The molecule has 2 rings (SSSR count). The minimum absolute atomic E-state index is 0.0358. The van der Waals surface area contributed by atoms with E-state index in [-0.39, 0.29) is 5.69 Å². The van der Waals surface area contributed by atoms with E-state index < -0.39 is 16.9 Å². The molecule has 8 nitrogen and oxygen atoms in total. The average Bonchev–Trinajstić information content (AvgIpc) is 2.83. The molecule has 0 amide bonds. The molecular formula is C13H14N4O4. The summed E-state index contributed by atoms with van der Waals surface area (Å²) in [7, 11) is 1.69. The summed E-state index contributed by atoms with van der Waals surface area (Å²) in [4.78, 5) is 21.6. The van der Waals surface area contributed by atoms with Gasteiger partial charge >= 0.3 is 5.97 Å². The molecular weight excluding hydrogens is 276 g/mol. The van der Waals surface area contributed by atoms with Gasteiger partial charge in [0.25, 0.3) is 5.69 Å². The number of benzene rings is 1. The van der Waals surface area contributed by atoms with E-state index in [2.05, 4.69) is 10.4 Å². The number of carboxylic acid groups (broad SMARTS) is 1. The molecule has 8 heteroatoms. The molecule has 0 aliphatic carbocycles. The second-order valence-electron chi connectivity index (χ2n) is 4.62.